The van der Waals surface area contributed by atoms with E-state index in [-0.39, 0.29) is 18.4 Å². The maximum Gasteiger partial charge on any atom is 0.300 e. The van der Waals surface area contributed by atoms with E-state index < -0.39 is 12.1 Å². The lowest BCUT2D eigenvalue weighted by molar-refractivity contribution is -0.134. The lowest BCUT2D eigenvalue weighted by Crippen LogP contribution is -2.47. The summed E-state index contributed by atoms with van der Waals surface area (Å²) >= 11 is 0. The van der Waals surface area contributed by atoms with E-state index in [0.717, 1.165) is 30.9 Å². The molecular weight excluding hydrogens is 298 g/mol. The molecule has 2 aliphatic carbocycles. The Bertz CT molecular complexity index is 552. The molecule has 2 atom stereocenters. The van der Waals surface area contributed by atoms with Crippen molar-refractivity contribution in [3.05, 3.63) is 28.8 Å². The summed E-state index contributed by atoms with van der Waals surface area (Å²) in [7, 11) is 0. The molecule has 0 spiro atoms. The average Bonchev–Trinajstić information content (AvgIpc) is 2.44. The number of carboxylic acids is 1. The first kappa shape index (κ1) is 17.7. The van der Waals surface area contributed by atoms with Gasteiger partial charge >= 0.3 is 0 Å². The molecule has 1 fully saturated rings. The Morgan fingerprint density at radius 1 is 1.30 bits per heavy atom. The number of carbonyl (C=O) groups is 1. The zero-order valence-corrected chi connectivity index (χ0v) is 13.3. The van der Waals surface area contributed by atoms with Gasteiger partial charge in [-0.2, -0.15) is 0 Å². The van der Waals surface area contributed by atoms with Crippen molar-refractivity contribution in [2.24, 2.45) is 0 Å². The molecule has 0 heterocycles. The van der Waals surface area contributed by atoms with Gasteiger partial charge in [-0.1, -0.05) is 12.5 Å². The van der Waals surface area contributed by atoms with E-state index in [1.165, 1.54) is 19.3 Å². The van der Waals surface area contributed by atoms with Gasteiger partial charge in [-0.25, -0.2) is 0 Å². The minimum atomic E-state index is -0.833. The van der Waals surface area contributed by atoms with Crippen LogP contribution in [0, 0.1) is 0 Å². The fourth-order valence-electron chi connectivity index (χ4n) is 3.17. The van der Waals surface area contributed by atoms with E-state index in [4.69, 9.17) is 9.90 Å². The third-order valence-corrected chi connectivity index (χ3v) is 4.56. The number of rotatable bonds is 3. The van der Waals surface area contributed by atoms with Crippen LogP contribution in [0.3, 0.4) is 0 Å². The van der Waals surface area contributed by atoms with Crippen molar-refractivity contribution in [1.29, 1.82) is 0 Å². The second kappa shape index (κ2) is 7.77. The summed E-state index contributed by atoms with van der Waals surface area (Å²) in [5.74, 6) is -0.709. The number of fused-ring (bicyclic) bond motifs is 1. The van der Waals surface area contributed by atoms with Crippen LogP contribution >= 0.6 is 0 Å². The number of hydrogen-bond donors (Lipinski definition) is 5. The first-order valence-electron chi connectivity index (χ1n) is 8.02. The summed E-state index contributed by atoms with van der Waals surface area (Å²) in [4.78, 5) is 9.00. The zero-order chi connectivity index (χ0) is 17.0. The molecule has 0 saturated heterocycles. The van der Waals surface area contributed by atoms with Gasteiger partial charge in [0, 0.05) is 24.6 Å². The number of benzene rings is 1. The lowest BCUT2D eigenvalue weighted by atomic mass is 9.81. The van der Waals surface area contributed by atoms with Crippen molar-refractivity contribution in [3.8, 4) is 5.75 Å². The molecule has 23 heavy (non-hydrogen) atoms. The number of carboxylic acid groups (broad SMARTS) is 1. The Kier molecular flexibility index (Phi) is 5.98. The van der Waals surface area contributed by atoms with E-state index in [1.54, 1.807) is 12.1 Å². The quantitative estimate of drug-likeness (QED) is 0.576. The van der Waals surface area contributed by atoms with Crippen LogP contribution in [-0.4, -0.2) is 38.5 Å². The molecule has 0 aliphatic heterocycles. The smallest absolute Gasteiger partial charge is 0.300 e. The highest BCUT2D eigenvalue weighted by Gasteiger charge is 2.32. The van der Waals surface area contributed by atoms with Crippen LogP contribution in [-0.2, 0) is 17.8 Å². The lowest BCUT2D eigenvalue weighted by Gasteiger charge is -2.37. The Hall–Kier alpha value is -1.63. The van der Waals surface area contributed by atoms with E-state index in [2.05, 4.69) is 5.32 Å². The Morgan fingerprint density at radius 2 is 1.96 bits per heavy atom. The van der Waals surface area contributed by atoms with Gasteiger partial charge in [0.05, 0.1) is 12.7 Å². The molecule has 3 rings (SSSR count). The second-order valence-corrected chi connectivity index (χ2v) is 6.19. The van der Waals surface area contributed by atoms with Crippen molar-refractivity contribution < 1.29 is 25.2 Å². The number of phenols is 1. The van der Waals surface area contributed by atoms with Crippen LogP contribution in [0.25, 0.3) is 0 Å². The summed E-state index contributed by atoms with van der Waals surface area (Å²) in [6.45, 7) is 0.905. The van der Waals surface area contributed by atoms with Gasteiger partial charge in [0.2, 0.25) is 0 Å². The summed E-state index contributed by atoms with van der Waals surface area (Å²) in [5, 5.41) is 40.5. The summed E-state index contributed by atoms with van der Waals surface area (Å²) < 4.78 is 0. The fraction of sp³-hybridized carbons (Fsp3) is 0.588. The topological polar surface area (TPSA) is 110 Å². The van der Waals surface area contributed by atoms with Gasteiger partial charge in [0.1, 0.15) is 5.75 Å². The Balaban J connectivity index is 0.000000433. The Labute approximate surface area is 135 Å². The van der Waals surface area contributed by atoms with Crippen LogP contribution in [0.15, 0.2) is 12.1 Å². The molecule has 128 valence electrons. The first-order valence-corrected chi connectivity index (χ1v) is 8.02. The number of aliphatic hydroxyl groups excluding tert-OH is 2. The monoisotopic (exact) mass is 323 g/mol. The van der Waals surface area contributed by atoms with E-state index in [0.29, 0.717) is 11.6 Å². The molecule has 2 aliphatic rings. The number of aliphatic hydroxyl groups is 2. The van der Waals surface area contributed by atoms with Crippen LogP contribution in [0.1, 0.15) is 55.4 Å². The maximum absolute atomic E-state index is 10.5. The molecule has 1 aromatic carbocycles. The van der Waals surface area contributed by atoms with Gasteiger partial charge in [0.25, 0.3) is 5.97 Å². The third kappa shape index (κ3) is 4.22. The molecule has 6 nitrogen and oxygen atoms in total. The number of aliphatic carboxylic acids is 1. The molecule has 0 amide bonds. The molecule has 1 aromatic rings. The molecule has 0 unspecified atom stereocenters. The predicted molar refractivity (Wildman–Crippen MR) is 85.2 cm³/mol. The molecule has 6 heteroatoms. The zero-order valence-electron chi connectivity index (χ0n) is 13.3. The Morgan fingerprint density at radius 3 is 2.48 bits per heavy atom. The van der Waals surface area contributed by atoms with Gasteiger partial charge in [-0.3, -0.25) is 4.79 Å². The van der Waals surface area contributed by atoms with Crippen LogP contribution in [0.5, 0.6) is 5.75 Å². The highest BCUT2D eigenvalue weighted by Crippen LogP contribution is 2.36. The molecule has 5 N–H and O–H groups in total. The van der Waals surface area contributed by atoms with E-state index in [9.17, 15) is 15.3 Å². The SMILES string of the molecule is CC(=O)O.OCc1c(O)ccc2c1CC[C@H](NC1CCC1)[C@H]2O. The average molecular weight is 323 g/mol. The highest BCUT2D eigenvalue weighted by atomic mass is 16.4. The van der Waals surface area contributed by atoms with E-state index in [1.807, 2.05) is 0 Å². The second-order valence-electron chi connectivity index (χ2n) is 6.19. The first-order chi connectivity index (χ1) is 10.9. The van der Waals surface area contributed by atoms with Crippen molar-refractivity contribution in [2.45, 2.75) is 63.8 Å². The number of hydrogen-bond acceptors (Lipinski definition) is 5. The minimum absolute atomic E-state index is 0.0916. The predicted octanol–water partition coefficient (Wildman–Crippen LogP) is 1.47. The molecule has 1 saturated carbocycles. The molecular formula is C17H25NO5. The fourth-order valence-corrected chi connectivity index (χ4v) is 3.17. The van der Waals surface area contributed by atoms with Crippen molar-refractivity contribution in [2.75, 3.05) is 0 Å². The highest BCUT2D eigenvalue weighted by molar-refractivity contribution is 5.62. The van der Waals surface area contributed by atoms with Crippen molar-refractivity contribution in [3.63, 3.8) is 0 Å². The largest absolute Gasteiger partial charge is 0.508 e. The van der Waals surface area contributed by atoms with E-state index >= 15 is 0 Å². The third-order valence-electron chi connectivity index (χ3n) is 4.56. The van der Waals surface area contributed by atoms with Gasteiger partial charge in [-0.05, 0) is 42.9 Å². The van der Waals surface area contributed by atoms with Gasteiger partial charge < -0.3 is 25.7 Å². The summed E-state index contributed by atoms with van der Waals surface area (Å²) in [6.07, 6.45) is 4.78. The van der Waals surface area contributed by atoms with Gasteiger partial charge in [0.15, 0.2) is 0 Å². The summed E-state index contributed by atoms with van der Waals surface area (Å²) in [5.41, 5.74) is 2.34. The number of aromatic hydroxyl groups is 1. The molecule has 0 radical (unpaired) electrons. The van der Waals surface area contributed by atoms with Crippen LogP contribution < -0.4 is 5.32 Å². The summed E-state index contributed by atoms with van der Waals surface area (Å²) in [6, 6.07) is 3.99. The normalized spacial score (nSPS) is 23.3. The van der Waals surface area contributed by atoms with Crippen molar-refractivity contribution in [1.82, 2.24) is 5.32 Å². The van der Waals surface area contributed by atoms with Gasteiger partial charge in [-0.15, -0.1) is 0 Å². The molecule has 0 aromatic heterocycles. The minimum Gasteiger partial charge on any atom is -0.508 e. The maximum atomic E-state index is 10.5. The number of nitrogens with one attached hydrogen (secondary N) is 1. The van der Waals surface area contributed by atoms with Crippen LogP contribution in [0.2, 0.25) is 0 Å². The standard InChI is InChI=1S/C15H21NO3.C2H4O2/c17-8-12-10-4-6-13(16-9-2-1-3-9)15(19)11(10)5-7-14(12)18;1-2(3)4/h5,7,9,13,15-19H,1-4,6,8H2;1H3,(H,3,4)/t13-,15-;/m0./s1. The molecule has 0 bridgehead atoms. The van der Waals surface area contributed by atoms with Crippen LogP contribution in [0.4, 0.5) is 0 Å². The van der Waals surface area contributed by atoms with Crippen molar-refractivity contribution >= 4 is 5.97 Å².